The van der Waals surface area contributed by atoms with E-state index in [1.54, 1.807) is 48.4 Å². The number of methoxy groups -OCH3 is 1. The highest BCUT2D eigenvalue weighted by molar-refractivity contribution is 5.95. The Morgan fingerprint density at radius 2 is 1.74 bits per heavy atom. The van der Waals surface area contributed by atoms with E-state index in [0.717, 1.165) is 17.5 Å². The van der Waals surface area contributed by atoms with Crippen LogP contribution in [0.4, 0.5) is 4.39 Å². The number of hydrogen-bond donors (Lipinski definition) is 0. The van der Waals surface area contributed by atoms with Crippen molar-refractivity contribution in [2.24, 2.45) is 0 Å². The second kappa shape index (κ2) is 7.23. The Hall–Kier alpha value is -3.14. The van der Waals surface area contributed by atoms with Gasteiger partial charge < -0.3 is 9.64 Å². The lowest BCUT2D eigenvalue weighted by Gasteiger charge is -2.38. The zero-order valence-electron chi connectivity index (χ0n) is 15.1. The molecule has 1 aliphatic rings. The Kier molecular flexibility index (Phi) is 4.63. The molecule has 27 heavy (non-hydrogen) atoms. The fraction of sp³-hybridized carbons (Fsp3) is 0.174. The Morgan fingerprint density at radius 1 is 1.00 bits per heavy atom. The van der Waals surface area contributed by atoms with Gasteiger partial charge in [-0.1, -0.05) is 48.5 Å². The first-order valence-corrected chi connectivity index (χ1v) is 8.96. The zero-order chi connectivity index (χ0) is 18.8. The summed E-state index contributed by atoms with van der Waals surface area (Å²) in [5.74, 6) is 0.194. The van der Waals surface area contributed by atoms with Crippen LogP contribution in [0.5, 0.6) is 5.75 Å². The molecular formula is C23H20FNO2. The number of nitrogens with zero attached hydrogens (tertiary/aromatic N) is 1. The molecule has 4 rings (SSSR count). The maximum atomic E-state index is 14.7. The summed E-state index contributed by atoms with van der Waals surface area (Å²) in [6, 6.07) is 21.3. The number of carbonyl (C=O) groups is 1. The number of halogens is 1. The van der Waals surface area contributed by atoms with Gasteiger partial charge in [0.05, 0.1) is 13.2 Å². The molecule has 0 saturated carbocycles. The number of amides is 1. The predicted molar refractivity (Wildman–Crippen MR) is 102 cm³/mol. The van der Waals surface area contributed by atoms with Crippen LogP contribution in [0.2, 0.25) is 0 Å². The highest BCUT2D eigenvalue weighted by atomic mass is 19.1. The molecule has 1 heterocycles. The average Bonchev–Trinajstić information content (AvgIpc) is 2.73. The van der Waals surface area contributed by atoms with Crippen molar-refractivity contribution >= 4 is 5.91 Å². The van der Waals surface area contributed by atoms with E-state index in [-0.39, 0.29) is 11.7 Å². The maximum absolute atomic E-state index is 14.7. The fourth-order valence-corrected chi connectivity index (χ4v) is 3.74. The van der Waals surface area contributed by atoms with Gasteiger partial charge in [-0.2, -0.15) is 0 Å². The van der Waals surface area contributed by atoms with Crippen molar-refractivity contribution in [3.05, 3.63) is 101 Å². The van der Waals surface area contributed by atoms with Crippen LogP contribution in [0.25, 0.3) is 0 Å². The monoisotopic (exact) mass is 361 g/mol. The molecule has 1 amide bonds. The van der Waals surface area contributed by atoms with Crippen molar-refractivity contribution in [3.8, 4) is 5.75 Å². The van der Waals surface area contributed by atoms with Gasteiger partial charge >= 0.3 is 0 Å². The van der Waals surface area contributed by atoms with Gasteiger partial charge in [0.1, 0.15) is 11.6 Å². The molecule has 0 aromatic heterocycles. The largest absolute Gasteiger partial charge is 0.497 e. The lowest BCUT2D eigenvalue weighted by molar-refractivity contribution is 0.0691. The van der Waals surface area contributed by atoms with Crippen LogP contribution in [0, 0.1) is 5.82 Å². The van der Waals surface area contributed by atoms with Crippen molar-refractivity contribution in [2.75, 3.05) is 13.7 Å². The molecule has 1 atom stereocenters. The smallest absolute Gasteiger partial charge is 0.254 e. The lowest BCUT2D eigenvalue weighted by Crippen LogP contribution is -2.41. The maximum Gasteiger partial charge on any atom is 0.254 e. The van der Waals surface area contributed by atoms with E-state index in [4.69, 9.17) is 4.74 Å². The van der Waals surface area contributed by atoms with Crippen LogP contribution in [0.1, 0.15) is 33.1 Å². The average molecular weight is 361 g/mol. The highest BCUT2D eigenvalue weighted by Gasteiger charge is 2.33. The van der Waals surface area contributed by atoms with Crippen LogP contribution in [-0.2, 0) is 6.42 Å². The van der Waals surface area contributed by atoms with Crippen LogP contribution >= 0.6 is 0 Å². The van der Waals surface area contributed by atoms with E-state index in [1.807, 2.05) is 24.3 Å². The first kappa shape index (κ1) is 17.3. The van der Waals surface area contributed by atoms with Crippen molar-refractivity contribution in [1.82, 2.24) is 4.90 Å². The van der Waals surface area contributed by atoms with Crippen LogP contribution in [0.3, 0.4) is 0 Å². The van der Waals surface area contributed by atoms with Gasteiger partial charge in [-0.05, 0) is 41.8 Å². The van der Waals surface area contributed by atoms with Gasteiger partial charge in [0.25, 0.3) is 5.91 Å². The summed E-state index contributed by atoms with van der Waals surface area (Å²) >= 11 is 0. The first-order valence-electron chi connectivity index (χ1n) is 8.96. The van der Waals surface area contributed by atoms with Gasteiger partial charge in [0.2, 0.25) is 0 Å². The molecular weight excluding hydrogens is 341 g/mol. The van der Waals surface area contributed by atoms with Gasteiger partial charge in [0, 0.05) is 17.7 Å². The molecule has 3 nitrogen and oxygen atoms in total. The molecule has 0 unspecified atom stereocenters. The normalized spacial score (nSPS) is 15.9. The molecule has 0 N–H and O–H groups in total. The number of benzene rings is 3. The zero-order valence-corrected chi connectivity index (χ0v) is 15.1. The standard InChI is InChI=1S/C23H20FNO2/c1-27-18-9-6-8-17(15-18)23(26)25-14-13-16-7-2-3-10-19(16)22(25)20-11-4-5-12-21(20)24/h2-12,15,22H,13-14H2,1H3/t22-/m0/s1. The summed E-state index contributed by atoms with van der Waals surface area (Å²) < 4.78 is 19.9. The molecule has 1 aliphatic heterocycles. The first-order chi connectivity index (χ1) is 13.2. The summed E-state index contributed by atoms with van der Waals surface area (Å²) in [5, 5.41) is 0. The molecule has 3 aromatic carbocycles. The van der Waals surface area contributed by atoms with Crippen LogP contribution in [0.15, 0.2) is 72.8 Å². The quantitative estimate of drug-likeness (QED) is 0.681. The van der Waals surface area contributed by atoms with Crippen molar-refractivity contribution in [1.29, 1.82) is 0 Å². The Labute approximate surface area is 158 Å². The van der Waals surface area contributed by atoms with Gasteiger partial charge in [-0.25, -0.2) is 4.39 Å². The summed E-state index contributed by atoms with van der Waals surface area (Å²) in [6.07, 6.45) is 0.747. The third-order valence-electron chi connectivity index (χ3n) is 5.06. The number of hydrogen-bond acceptors (Lipinski definition) is 2. The Bertz CT molecular complexity index is 985. The van der Waals surface area contributed by atoms with E-state index < -0.39 is 6.04 Å². The molecule has 0 spiro atoms. The second-order valence-corrected chi connectivity index (χ2v) is 6.60. The minimum absolute atomic E-state index is 0.128. The topological polar surface area (TPSA) is 29.5 Å². The van der Waals surface area contributed by atoms with Crippen LogP contribution < -0.4 is 4.74 Å². The van der Waals surface area contributed by atoms with Crippen molar-refractivity contribution < 1.29 is 13.9 Å². The van der Waals surface area contributed by atoms with Gasteiger partial charge in [-0.15, -0.1) is 0 Å². The number of ether oxygens (including phenoxy) is 1. The van der Waals surface area contributed by atoms with Crippen LogP contribution in [-0.4, -0.2) is 24.5 Å². The summed E-state index contributed by atoms with van der Waals surface area (Å²) in [6.45, 7) is 0.534. The molecule has 4 heteroatoms. The SMILES string of the molecule is COc1cccc(C(=O)N2CCc3ccccc3[C@H]2c2ccccc2F)c1. The summed E-state index contributed by atoms with van der Waals surface area (Å²) in [4.78, 5) is 15.1. The number of carbonyl (C=O) groups excluding carboxylic acids is 1. The van der Waals surface area contributed by atoms with E-state index in [0.29, 0.717) is 23.4 Å². The molecule has 3 aromatic rings. The Morgan fingerprint density at radius 3 is 2.52 bits per heavy atom. The van der Waals surface area contributed by atoms with E-state index in [2.05, 4.69) is 6.07 Å². The van der Waals surface area contributed by atoms with Crippen molar-refractivity contribution in [3.63, 3.8) is 0 Å². The third kappa shape index (κ3) is 3.19. The van der Waals surface area contributed by atoms with Crippen molar-refractivity contribution in [2.45, 2.75) is 12.5 Å². The van der Waals surface area contributed by atoms with Gasteiger partial charge in [-0.3, -0.25) is 4.79 Å². The van der Waals surface area contributed by atoms with E-state index in [1.165, 1.54) is 6.07 Å². The Balaban J connectivity index is 1.81. The predicted octanol–water partition coefficient (Wildman–Crippen LogP) is 4.62. The van der Waals surface area contributed by atoms with E-state index in [9.17, 15) is 9.18 Å². The molecule has 136 valence electrons. The molecule has 0 aliphatic carbocycles. The lowest BCUT2D eigenvalue weighted by atomic mass is 9.87. The summed E-state index contributed by atoms with van der Waals surface area (Å²) in [5.41, 5.74) is 3.18. The third-order valence-corrected chi connectivity index (χ3v) is 5.06. The van der Waals surface area contributed by atoms with Gasteiger partial charge in [0.15, 0.2) is 0 Å². The summed E-state index contributed by atoms with van der Waals surface area (Å²) in [7, 11) is 1.57. The molecule has 0 bridgehead atoms. The minimum Gasteiger partial charge on any atom is -0.497 e. The second-order valence-electron chi connectivity index (χ2n) is 6.60. The number of fused-ring (bicyclic) bond motifs is 1. The molecule has 0 saturated heterocycles. The minimum atomic E-state index is -0.449. The fourth-order valence-electron chi connectivity index (χ4n) is 3.74. The van der Waals surface area contributed by atoms with E-state index >= 15 is 0 Å². The highest BCUT2D eigenvalue weighted by Crippen LogP contribution is 2.37. The molecule has 0 radical (unpaired) electrons. The molecule has 0 fully saturated rings. The number of rotatable bonds is 3.